The molecular formula is C22H18N4O6. The van der Waals surface area contributed by atoms with Crippen molar-refractivity contribution in [2.75, 3.05) is 5.32 Å². The van der Waals surface area contributed by atoms with E-state index in [1.165, 1.54) is 36.4 Å². The standard InChI is InChI=1S/C22H18N4O6/c1-12-18(13(2)32-24-12)11-19(20(27)23-14-7-9-15(10-8-14)26(30)31)25-21(28)16-5-3-4-6-17(16)22(25)29/h3-10,19H,11H2,1-2H3,(H,23,27). The highest BCUT2D eigenvalue weighted by molar-refractivity contribution is 6.23. The number of fused-ring (bicyclic) bond motifs is 1. The molecule has 4 rings (SSSR count). The van der Waals surface area contributed by atoms with Gasteiger partial charge in [-0.1, -0.05) is 17.3 Å². The van der Waals surface area contributed by atoms with E-state index in [-0.39, 0.29) is 23.2 Å². The summed E-state index contributed by atoms with van der Waals surface area (Å²) in [5.74, 6) is -1.27. The van der Waals surface area contributed by atoms with E-state index in [4.69, 9.17) is 4.52 Å². The summed E-state index contributed by atoms with van der Waals surface area (Å²) in [4.78, 5) is 50.6. The van der Waals surface area contributed by atoms with Crippen LogP contribution in [-0.2, 0) is 11.2 Å². The summed E-state index contributed by atoms with van der Waals surface area (Å²) in [5, 5.41) is 17.4. The smallest absolute Gasteiger partial charge is 0.269 e. The number of nitrogens with zero attached hydrogens (tertiary/aromatic N) is 3. The van der Waals surface area contributed by atoms with Gasteiger partial charge in [-0.2, -0.15) is 0 Å². The number of carbonyl (C=O) groups is 3. The average Bonchev–Trinajstić information content (AvgIpc) is 3.22. The highest BCUT2D eigenvalue weighted by Crippen LogP contribution is 2.28. The van der Waals surface area contributed by atoms with Gasteiger partial charge in [0.05, 0.1) is 21.7 Å². The molecule has 0 spiro atoms. The monoisotopic (exact) mass is 434 g/mol. The predicted octanol–water partition coefficient (Wildman–Crippen LogP) is 3.05. The van der Waals surface area contributed by atoms with E-state index in [9.17, 15) is 24.5 Å². The normalized spacial score (nSPS) is 13.8. The SMILES string of the molecule is Cc1noc(C)c1CC(C(=O)Nc1ccc([N+](=O)[O-])cc1)N1C(=O)c2ccccc2C1=O. The zero-order chi connectivity index (χ0) is 23.0. The van der Waals surface area contributed by atoms with Crippen LogP contribution in [0.4, 0.5) is 11.4 Å². The van der Waals surface area contributed by atoms with Gasteiger partial charge in [0.2, 0.25) is 5.91 Å². The topological polar surface area (TPSA) is 136 Å². The van der Waals surface area contributed by atoms with Crippen LogP contribution in [0.5, 0.6) is 0 Å². The fourth-order valence-electron chi connectivity index (χ4n) is 3.67. The van der Waals surface area contributed by atoms with E-state index < -0.39 is 28.7 Å². The maximum atomic E-state index is 13.3. The number of nitro groups is 1. The van der Waals surface area contributed by atoms with Gasteiger partial charge < -0.3 is 9.84 Å². The number of imide groups is 1. The average molecular weight is 434 g/mol. The molecule has 10 heteroatoms. The van der Waals surface area contributed by atoms with Gasteiger partial charge in [-0.05, 0) is 38.1 Å². The maximum Gasteiger partial charge on any atom is 0.269 e. The lowest BCUT2D eigenvalue weighted by Crippen LogP contribution is -2.48. The van der Waals surface area contributed by atoms with Crippen molar-refractivity contribution >= 4 is 29.1 Å². The fraction of sp³-hybridized carbons (Fsp3) is 0.182. The number of hydrogen-bond acceptors (Lipinski definition) is 7. The predicted molar refractivity (Wildman–Crippen MR) is 112 cm³/mol. The molecule has 32 heavy (non-hydrogen) atoms. The Kier molecular flexibility index (Phi) is 5.27. The molecule has 3 amide bonds. The van der Waals surface area contributed by atoms with E-state index in [1.807, 2.05) is 0 Å². The molecule has 1 atom stereocenters. The van der Waals surface area contributed by atoms with Crippen LogP contribution in [0, 0.1) is 24.0 Å². The molecule has 0 saturated heterocycles. The number of carbonyl (C=O) groups excluding carboxylic acids is 3. The summed E-state index contributed by atoms with van der Waals surface area (Å²) in [6.45, 7) is 3.39. The van der Waals surface area contributed by atoms with Gasteiger partial charge in [0.15, 0.2) is 0 Å². The molecule has 0 fully saturated rings. The molecule has 162 valence electrons. The third-order valence-electron chi connectivity index (χ3n) is 5.36. The Bertz CT molecular complexity index is 1190. The molecule has 2 aromatic carbocycles. The minimum absolute atomic E-state index is 0.00541. The molecular weight excluding hydrogens is 416 g/mol. The molecule has 1 aliphatic heterocycles. The lowest BCUT2D eigenvalue weighted by atomic mass is 10.0. The van der Waals surface area contributed by atoms with Gasteiger partial charge in [-0.3, -0.25) is 29.4 Å². The van der Waals surface area contributed by atoms with Crippen LogP contribution in [0.25, 0.3) is 0 Å². The second kappa shape index (κ2) is 8.06. The first kappa shape index (κ1) is 20.9. The van der Waals surface area contributed by atoms with Crippen molar-refractivity contribution in [3.05, 3.63) is 86.8 Å². The Labute approximate surface area is 182 Å². The van der Waals surface area contributed by atoms with Crippen LogP contribution in [0.3, 0.4) is 0 Å². The number of rotatable bonds is 6. The summed E-state index contributed by atoms with van der Waals surface area (Å²) in [6.07, 6.45) is 0.00541. The Morgan fingerprint density at radius 1 is 1.09 bits per heavy atom. The summed E-state index contributed by atoms with van der Waals surface area (Å²) >= 11 is 0. The minimum Gasteiger partial charge on any atom is -0.361 e. The molecule has 1 unspecified atom stereocenters. The summed E-state index contributed by atoms with van der Waals surface area (Å²) in [6, 6.07) is 10.4. The van der Waals surface area contributed by atoms with Gasteiger partial charge in [0.1, 0.15) is 11.8 Å². The number of anilines is 1. The molecule has 2 heterocycles. The first-order chi connectivity index (χ1) is 15.3. The van der Waals surface area contributed by atoms with Crippen molar-refractivity contribution in [1.29, 1.82) is 0 Å². The highest BCUT2D eigenvalue weighted by Gasteiger charge is 2.43. The first-order valence-corrected chi connectivity index (χ1v) is 9.72. The second-order valence-corrected chi connectivity index (χ2v) is 7.34. The number of benzene rings is 2. The van der Waals surface area contributed by atoms with Crippen LogP contribution >= 0.6 is 0 Å². The number of amides is 3. The maximum absolute atomic E-state index is 13.3. The summed E-state index contributed by atoms with van der Waals surface area (Å²) in [7, 11) is 0. The molecule has 1 N–H and O–H groups in total. The molecule has 10 nitrogen and oxygen atoms in total. The number of aryl methyl sites for hydroxylation is 2. The van der Waals surface area contributed by atoms with Crippen molar-refractivity contribution in [3.8, 4) is 0 Å². The van der Waals surface area contributed by atoms with Gasteiger partial charge >= 0.3 is 0 Å². The van der Waals surface area contributed by atoms with Crippen LogP contribution in [0.1, 0.15) is 37.7 Å². The van der Waals surface area contributed by atoms with Crippen molar-refractivity contribution in [2.45, 2.75) is 26.3 Å². The van der Waals surface area contributed by atoms with E-state index in [1.54, 1.807) is 26.0 Å². The number of hydrogen-bond donors (Lipinski definition) is 1. The first-order valence-electron chi connectivity index (χ1n) is 9.72. The zero-order valence-corrected chi connectivity index (χ0v) is 17.2. The zero-order valence-electron chi connectivity index (χ0n) is 17.2. The van der Waals surface area contributed by atoms with Crippen molar-refractivity contribution in [2.24, 2.45) is 0 Å². The van der Waals surface area contributed by atoms with Crippen LogP contribution in [0.2, 0.25) is 0 Å². The van der Waals surface area contributed by atoms with Gasteiger partial charge in [0, 0.05) is 29.8 Å². The Morgan fingerprint density at radius 3 is 2.19 bits per heavy atom. The molecule has 0 radical (unpaired) electrons. The number of aromatic nitrogens is 1. The van der Waals surface area contributed by atoms with Gasteiger partial charge in [-0.15, -0.1) is 0 Å². The van der Waals surface area contributed by atoms with E-state index in [0.717, 1.165) is 4.90 Å². The van der Waals surface area contributed by atoms with Gasteiger partial charge in [-0.25, -0.2) is 0 Å². The van der Waals surface area contributed by atoms with Crippen LogP contribution < -0.4 is 5.32 Å². The summed E-state index contributed by atoms with van der Waals surface area (Å²) in [5.41, 5.74) is 1.78. The fourth-order valence-corrected chi connectivity index (χ4v) is 3.67. The number of nitro benzene ring substituents is 1. The van der Waals surface area contributed by atoms with Crippen molar-refractivity contribution < 1.29 is 23.8 Å². The van der Waals surface area contributed by atoms with Crippen molar-refractivity contribution in [1.82, 2.24) is 10.1 Å². The lowest BCUT2D eigenvalue weighted by Gasteiger charge is -2.25. The third-order valence-corrected chi connectivity index (χ3v) is 5.36. The largest absolute Gasteiger partial charge is 0.361 e. The quantitative estimate of drug-likeness (QED) is 0.358. The molecule has 0 bridgehead atoms. The summed E-state index contributed by atoms with van der Waals surface area (Å²) < 4.78 is 5.17. The van der Waals surface area contributed by atoms with E-state index in [2.05, 4.69) is 10.5 Å². The lowest BCUT2D eigenvalue weighted by molar-refractivity contribution is -0.384. The molecule has 1 aliphatic rings. The van der Waals surface area contributed by atoms with Crippen LogP contribution in [0.15, 0.2) is 53.1 Å². The van der Waals surface area contributed by atoms with E-state index >= 15 is 0 Å². The number of nitrogens with one attached hydrogen (secondary N) is 1. The Balaban J connectivity index is 1.68. The molecule has 3 aromatic rings. The highest BCUT2D eigenvalue weighted by atomic mass is 16.6. The number of non-ortho nitro benzene ring substituents is 1. The van der Waals surface area contributed by atoms with Gasteiger partial charge in [0.25, 0.3) is 17.5 Å². The van der Waals surface area contributed by atoms with E-state index in [0.29, 0.717) is 22.7 Å². The Hall–Kier alpha value is -4.34. The third kappa shape index (κ3) is 3.62. The van der Waals surface area contributed by atoms with Crippen molar-refractivity contribution in [3.63, 3.8) is 0 Å². The molecule has 0 saturated carbocycles. The molecule has 1 aromatic heterocycles. The second-order valence-electron chi connectivity index (χ2n) is 7.34. The minimum atomic E-state index is -1.19. The van der Waals surface area contributed by atoms with Crippen LogP contribution in [-0.4, -0.2) is 38.7 Å². The molecule has 0 aliphatic carbocycles. The Morgan fingerprint density at radius 2 is 1.69 bits per heavy atom.